The van der Waals surface area contributed by atoms with Crippen molar-refractivity contribution >= 4 is 17.5 Å². The number of carbonyl (C=O) groups excluding carboxylic acids is 1. The van der Waals surface area contributed by atoms with Crippen LogP contribution in [-0.2, 0) is 4.79 Å². The van der Waals surface area contributed by atoms with Crippen LogP contribution in [0.1, 0.15) is 19.3 Å². The van der Waals surface area contributed by atoms with Gasteiger partial charge < -0.3 is 15.0 Å². The molecule has 0 aromatic heterocycles. The smallest absolute Gasteiger partial charge is 0.226 e. The molecule has 1 amide bonds. The van der Waals surface area contributed by atoms with Crippen LogP contribution in [0.15, 0.2) is 18.2 Å². The van der Waals surface area contributed by atoms with Crippen molar-refractivity contribution in [3.8, 4) is 5.75 Å². The van der Waals surface area contributed by atoms with Crippen molar-refractivity contribution in [2.75, 3.05) is 33.3 Å². The van der Waals surface area contributed by atoms with Gasteiger partial charge in [0.2, 0.25) is 5.91 Å². The largest absolute Gasteiger partial charge is 0.491 e. The third kappa shape index (κ3) is 4.85. The minimum Gasteiger partial charge on any atom is -0.491 e. The van der Waals surface area contributed by atoms with Gasteiger partial charge in [-0.05, 0) is 50.6 Å². The standard InChI is InChI=1S/C16H22ClFN2O2/c1-19-10-12-3-2-7-20(11-12)16(21)6-8-22-15-5-4-13(18)9-14(15)17/h4-5,9,12,19H,2-3,6-8,10-11H2,1H3/t12-/m1/s1. The predicted molar refractivity (Wildman–Crippen MR) is 84.8 cm³/mol. The SMILES string of the molecule is CNC[C@H]1CCCN(C(=O)CCOc2ccc(F)cc2Cl)C1. The molecule has 1 fully saturated rings. The van der Waals surface area contributed by atoms with Crippen LogP contribution in [0.4, 0.5) is 4.39 Å². The van der Waals surface area contributed by atoms with Crippen LogP contribution in [0.25, 0.3) is 0 Å². The van der Waals surface area contributed by atoms with E-state index in [9.17, 15) is 9.18 Å². The van der Waals surface area contributed by atoms with Gasteiger partial charge in [0.1, 0.15) is 11.6 Å². The molecular weight excluding hydrogens is 307 g/mol. The van der Waals surface area contributed by atoms with E-state index in [1.165, 1.54) is 18.2 Å². The quantitative estimate of drug-likeness (QED) is 0.873. The summed E-state index contributed by atoms with van der Waals surface area (Å²) in [6.07, 6.45) is 2.51. The highest BCUT2D eigenvalue weighted by atomic mass is 35.5. The molecule has 1 N–H and O–H groups in total. The van der Waals surface area contributed by atoms with E-state index in [2.05, 4.69) is 5.32 Å². The zero-order chi connectivity index (χ0) is 15.9. The predicted octanol–water partition coefficient (Wildman–Crippen LogP) is 2.71. The Hall–Kier alpha value is -1.33. The highest BCUT2D eigenvalue weighted by Crippen LogP contribution is 2.25. The molecule has 0 saturated carbocycles. The van der Waals surface area contributed by atoms with Gasteiger partial charge in [0.15, 0.2) is 0 Å². The van der Waals surface area contributed by atoms with Gasteiger partial charge in [0.25, 0.3) is 0 Å². The summed E-state index contributed by atoms with van der Waals surface area (Å²) in [7, 11) is 1.93. The van der Waals surface area contributed by atoms with Gasteiger partial charge in [0.05, 0.1) is 18.1 Å². The number of hydrogen-bond acceptors (Lipinski definition) is 3. The van der Waals surface area contributed by atoms with Crippen molar-refractivity contribution in [3.63, 3.8) is 0 Å². The van der Waals surface area contributed by atoms with Gasteiger partial charge in [-0.15, -0.1) is 0 Å². The normalized spacial score (nSPS) is 18.3. The molecule has 0 radical (unpaired) electrons. The lowest BCUT2D eigenvalue weighted by molar-refractivity contribution is -0.133. The highest BCUT2D eigenvalue weighted by Gasteiger charge is 2.22. The van der Waals surface area contributed by atoms with E-state index in [1.807, 2.05) is 11.9 Å². The minimum absolute atomic E-state index is 0.0963. The van der Waals surface area contributed by atoms with Crippen molar-refractivity contribution in [2.45, 2.75) is 19.3 Å². The molecule has 22 heavy (non-hydrogen) atoms. The molecular formula is C16H22ClFN2O2. The molecule has 1 saturated heterocycles. The van der Waals surface area contributed by atoms with Gasteiger partial charge in [-0.1, -0.05) is 11.6 Å². The number of halogens is 2. The third-order valence-corrected chi connectivity index (χ3v) is 4.13. The third-order valence-electron chi connectivity index (χ3n) is 3.83. The molecule has 0 spiro atoms. The molecule has 4 nitrogen and oxygen atoms in total. The van der Waals surface area contributed by atoms with E-state index >= 15 is 0 Å². The van der Waals surface area contributed by atoms with Gasteiger partial charge in [-0.3, -0.25) is 4.79 Å². The van der Waals surface area contributed by atoms with Crippen molar-refractivity contribution < 1.29 is 13.9 Å². The first-order chi connectivity index (χ1) is 10.6. The molecule has 0 aliphatic carbocycles. The maximum absolute atomic E-state index is 12.9. The van der Waals surface area contributed by atoms with Crippen molar-refractivity contribution in [3.05, 3.63) is 29.0 Å². The second-order valence-electron chi connectivity index (χ2n) is 5.58. The van der Waals surface area contributed by atoms with Crippen molar-refractivity contribution in [2.24, 2.45) is 5.92 Å². The van der Waals surface area contributed by atoms with E-state index in [-0.39, 0.29) is 17.5 Å². The Morgan fingerprint density at radius 3 is 3.09 bits per heavy atom. The Labute approximate surface area is 135 Å². The topological polar surface area (TPSA) is 41.6 Å². The van der Waals surface area contributed by atoms with E-state index in [0.29, 0.717) is 18.1 Å². The maximum Gasteiger partial charge on any atom is 0.226 e. The van der Waals surface area contributed by atoms with Gasteiger partial charge >= 0.3 is 0 Å². The summed E-state index contributed by atoms with van der Waals surface area (Å²) in [6.45, 7) is 2.80. The molecule has 1 aromatic carbocycles. The number of carbonyl (C=O) groups is 1. The fourth-order valence-electron chi connectivity index (χ4n) is 2.75. The van der Waals surface area contributed by atoms with Gasteiger partial charge in [0, 0.05) is 13.1 Å². The zero-order valence-corrected chi connectivity index (χ0v) is 13.5. The summed E-state index contributed by atoms with van der Waals surface area (Å²) in [5, 5.41) is 3.39. The summed E-state index contributed by atoms with van der Waals surface area (Å²) in [4.78, 5) is 14.1. The van der Waals surface area contributed by atoms with Crippen LogP contribution in [-0.4, -0.2) is 44.1 Å². The first kappa shape index (κ1) is 17.0. The Bertz CT molecular complexity index is 511. The average molecular weight is 329 g/mol. The molecule has 0 bridgehead atoms. The van der Waals surface area contributed by atoms with E-state index in [4.69, 9.17) is 16.3 Å². The number of hydrogen-bond donors (Lipinski definition) is 1. The van der Waals surface area contributed by atoms with Crippen LogP contribution in [0.2, 0.25) is 5.02 Å². The van der Waals surface area contributed by atoms with E-state index in [0.717, 1.165) is 32.5 Å². The summed E-state index contributed by atoms with van der Waals surface area (Å²) >= 11 is 5.88. The van der Waals surface area contributed by atoms with Gasteiger partial charge in [-0.2, -0.15) is 0 Å². The summed E-state index contributed by atoms with van der Waals surface area (Å²) in [5.41, 5.74) is 0. The Balaban J connectivity index is 1.77. The van der Waals surface area contributed by atoms with E-state index in [1.54, 1.807) is 0 Å². The van der Waals surface area contributed by atoms with Crippen LogP contribution in [0.5, 0.6) is 5.75 Å². The molecule has 6 heteroatoms. The number of likely N-dealkylation sites (tertiary alicyclic amines) is 1. The molecule has 1 heterocycles. The summed E-state index contributed by atoms with van der Waals surface area (Å²) in [6, 6.07) is 3.97. The average Bonchev–Trinajstić information content (AvgIpc) is 2.50. The molecule has 0 unspecified atom stereocenters. The van der Waals surface area contributed by atoms with E-state index < -0.39 is 5.82 Å². The first-order valence-electron chi connectivity index (χ1n) is 7.60. The lowest BCUT2D eigenvalue weighted by Gasteiger charge is -2.32. The number of rotatable bonds is 6. The Kier molecular flexibility index (Phi) is 6.46. The number of ether oxygens (including phenoxy) is 1. The number of nitrogens with zero attached hydrogens (tertiary/aromatic N) is 1. The van der Waals surface area contributed by atoms with Crippen LogP contribution in [0.3, 0.4) is 0 Å². The lowest BCUT2D eigenvalue weighted by atomic mass is 9.98. The molecule has 1 aliphatic rings. The maximum atomic E-state index is 12.9. The Morgan fingerprint density at radius 1 is 1.55 bits per heavy atom. The lowest BCUT2D eigenvalue weighted by Crippen LogP contribution is -2.42. The first-order valence-corrected chi connectivity index (χ1v) is 7.98. The molecule has 122 valence electrons. The van der Waals surface area contributed by atoms with Crippen molar-refractivity contribution in [1.29, 1.82) is 0 Å². The fourth-order valence-corrected chi connectivity index (χ4v) is 2.97. The number of piperidine rings is 1. The van der Waals surface area contributed by atoms with Crippen LogP contribution >= 0.6 is 11.6 Å². The second kappa shape index (κ2) is 8.34. The van der Waals surface area contributed by atoms with Crippen LogP contribution in [0, 0.1) is 11.7 Å². The number of nitrogens with one attached hydrogen (secondary N) is 1. The zero-order valence-electron chi connectivity index (χ0n) is 12.8. The number of amides is 1. The fraction of sp³-hybridized carbons (Fsp3) is 0.562. The molecule has 1 atom stereocenters. The highest BCUT2D eigenvalue weighted by molar-refractivity contribution is 6.32. The Morgan fingerprint density at radius 2 is 2.36 bits per heavy atom. The second-order valence-corrected chi connectivity index (χ2v) is 5.99. The molecule has 1 aromatic rings. The molecule has 1 aliphatic heterocycles. The summed E-state index contributed by atoms with van der Waals surface area (Å²) < 4.78 is 18.4. The number of benzene rings is 1. The van der Waals surface area contributed by atoms with Gasteiger partial charge in [-0.25, -0.2) is 4.39 Å². The summed E-state index contributed by atoms with van der Waals surface area (Å²) in [5.74, 6) is 0.620. The van der Waals surface area contributed by atoms with Crippen molar-refractivity contribution in [1.82, 2.24) is 10.2 Å². The monoisotopic (exact) mass is 328 g/mol. The van der Waals surface area contributed by atoms with Crippen LogP contribution < -0.4 is 10.1 Å². The minimum atomic E-state index is -0.405. The molecule has 2 rings (SSSR count).